The zero-order chi connectivity index (χ0) is 14.4. The van der Waals surface area contributed by atoms with Crippen LogP contribution in [0, 0.1) is 17.1 Å². The molecule has 0 unspecified atom stereocenters. The van der Waals surface area contributed by atoms with Crippen LogP contribution >= 0.6 is 0 Å². The number of hydrazone groups is 1. The summed E-state index contributed by atoms with van der Waals surface area (Å²) in [6.07, 6.45) is 3.32. The summed E-state index contributed by atoms with van der Waals surface area (Å²) in [7, 11) is 0. The molecule has 0 aliphatic carbocycles. The van der Waals surface area contributed by atoms with Gasteiger partial charge in [-0.1, -0.05) is 6.07 Å². The Bertz CT molecular complexity index is 577. The van der Waals surface area contributed by atoms with Gasteiger partial charge < -0.3 is 0 Å². The predicted octanol–water partition coefficient (Wildman–Crippen LogP) is 1.67. The maximum Gasteiger partial charge on any atom is 0.306 e. The summed E-state index contributed by atoms with van der Waals surface area (Å²) in [6, 6.07) is 7.85. The number of nitrogens with two attached hydrogens (primary N) is 1. The first-order valence-electron chi connectivity index (χ1n) is 6.58. The number of hydrogen-bond acceptors (Lipinski definition) is 3. The smallest absolute Gasteiger partial charge is 0.285 e. The van der Waals surface area contributed by atoms with E-state index < -0.39 is 0 Å². The van der Waals surface area contributed by atoms with Crippen LogP contribution < -0.4 is 11.2 Å². The lowest BCUT2D eigenvalue weighted by atomic mass is 10.1. The minimum atomic E-state index is -0.364. The normalized spacial score (nSPS) is 15.6. The molecule has 0 bridgehead atoms. The quantitative estimate of drug-likeness (QED) is 0.381. The molecule has 1 saturated heterocycles. The lowest BCUT2D eigenvalue weighted by Gasteiger charge is -2.14. The fourth-order valence-electron chi connectivity index (χ4n) is 2.10. The van der Waals surface area contributed by atoms with E-state index in [-0.39, 0.29) is 11.5 Å². The third-order valence-corrected chi connectivity index (χ3v) is 3.17. The summed E-state index contributed by atoms with van der Waals surface area (Å²) in [5, 5.41) is 13.1. The van der Waals surface area contributed by atoms with Crippen LogP contribution in [0.5, 0.6) is 0 Å². The first-order valence-corrected chi connectivity index (χ1v) is 6.58. The highest BCUT2D eigenvalue weighted by atomic mass is 19.1. The molecule has 5 nitrogen and oxygen atoms in total. The van der Waals surface area contributed by atoms with Gasteiger partial charge in [0.25, 0.3) is 0 Å². The molecule has 1 aromatic carbocycles. The molecule has 0 aromatic heterocycles. The first-order chi connectivity index (χ1) is 9.70. The van der Waals surface area contributed by atoms with Gasteiger partial charge in [-0.25, -0.2) is 4.39 Å². The molecule has 2 rings (SSSR count). The number of hydrogen-bond donors (Lipinski definition) is 2. The van der Waals surface area contributed by atoms with Gasteiger partial charge in [0.2, 0.25) is 5.71 Å². The molecule has 0 atom stereocenters. The fourth-order valence-corrected chi connectivity index (χ4v) is 2.10. The number of piperidine rings is 1. The predicted molar refractivity (Wildman–Crippen MR) is 76.1 cm³/mol. The van der Waals surface area contributed by atoms with Crippen molar-refractivity contribution in [3.05, 3.63) is 30.1 Å². The van der Waals surface area contributed by atoms with Crippen molar-refractivity contribution in [2.24, 2.45) is 10.8 Å². The van der Waals surface area contributed by atoms with Gasteiger partial charge in [0.15, 0.2) is 0 Å². The van der Waals surface area contributed by atoms with E-state index in [4.69, 9.17) is 11.0 Å². The van der Waals surface area contributed by atoms with Gasteiger partial charge in [0, 0.05) is 0 Å². The molecule has 1 aliphatic rings. The molecule has 0 spiro atoms. The summed E-state index contributed by atoms with van der Waals surface area (Å²) in [4.78, 5) is 0. The molecule has 104 valence electrons. The van der Waals surface area contributed by atoms with Crippen molar-refractivity contribution >= 4 is 17.2 Å². The second-order valence-electron chi connectivity index (χ2n) is 4.63. The molecule has 1 aliphatic heterocycles. The second kappa shape index (κ2) is 6.66. The maximum atomic E-state index is 13.0. The van der Waals surface area contributed by atoms with Crippen molar-refractivity contribution in [3.8, 4) is 6.07 Å². The van der Waals surface area contributed by atoms with E-state index in [2.05, 4.69) is 10.5 Å². The molecular weight excluding hydrogens is 257 g/mol. The summed E-state index contributed by atoms with van der Waals surface area (Å²) < 4.78 is 15.0. The van der Waals surface area contributed by atoms with Crippen molar-refractivity contribution in [2.75, 3.05) is 18.5 Å². The van der Waals surface area contributed by atoms with Crippen molar-refractivity contribution in [3.63, 3.8) is 0 Å². The van der Waals surface area contributed by atoms with Crippen molar-refractivity contribution in [2.45, 2.75) is 19.3 Å². The van der Waals surface area contributed by atoms with Gasteiger partial charge >= 0.3 is 5.84 Å². The number of nitriles is 1. The number of benzene rings is 1. The number of rotatable bonds is 3. The number of nitrogens with one attached hydrogen (secondary N) is 1. The Labute approximate surface area is 117 Å². The molecular formula is C14H17FN5+. The number of halogens is 1. The van der Waals surface area contributed by atoms with Crippen LogP contribution in [0.15, 0.2) is 29.4 Å². The largest absolute Gasteiger partial charge is 0.306 e. The lowest BCUT2D eigenvalue weighted by molar-refractivity contribution is -0.536. The average Bonchev–Trinajstić information content (AvgIpc) is 2.48. The van der Waals surface area contributed by atoms with E-state index in [1.807, 2.05) is 10.6 Å². The molecule has 0 saturated carbocycles. The summed E-state index contributed by atoms with van der Waals surface area (Å²) in [6.45, 7) is 1.68. The molecule has 20 heavy (non-hydrogen) atoms. The van der Waals surface area contributed by atoms with E-state index in [9.17, 15) is 4.39 Å². The van der Waals surface area contributed by atoms with E-state index in [0.717, 1.165) is 25.9 Å². The number of anilines is 1. The van der Waals surface area contributed by atoms with Crippen molar-refractivity contribution in [1.82, 2.24) is 0 Å². The fraction of sp³-hybridized carbons (Fsp3) is 0.357. The first kappa shape index (κ1) is 14.0. The highest BCUT2D eigenvalue weighted by Gasteiger charge is 2.18. The Balaban J connectivity index is 2.15. The average molecular weight is 274 g/mol. The third-order valence-electron chi connectivity index (χ3n) is 3.17. The van der Waals surface area contributed by atoms with Gasteiger partial charge in [-0.3, -0.25) is 15.7 Å². The SMILES string of the molecule is N#C/C(=N/Nc1cccc(F)c1)C(N)=[N+]1CCCCC1. The molecule has 0 amide bonds. The minimum Gasteiger partial charge on any atom is -0.285 e. The molecule has 0 radical (unpaired) electrons. The number of amidine groups is 1. The van der Waals surface area contributed by atoms with Crippen LogP contribution in [0.25, 0.3) is 0 Å². The van der Waals surface area contributed by atoms with Crippen molar-refractivity contribution < 1.29 is 8.97 Å². The molecule has 1 heterocycles. The van der Waals surface area contributed by atoms with Crippen LogP contribution in [0.4, 0.5) is 10.1 Å². The maximum absolute atomic E-state index is 13.0. The zero-order valence-corrected chi connectivity index (χ0v) is 11.1. The summed E-state index contributed by atoms with van der Waals surface area (Å²) >= 11 is 0. The highest BCUT2D eigenvalue weighted by Crippen LogP contribution is 2.09. The highest BCUT2D eigenvalue weighted by molar-refractivity contribution is 6.45. The zero-order valence-electron chi connectivity index (χ0n) is 11.1. The Hall–Kier alpha value is -2.42. The van der Waals surface area contributed by atoms with E-state index >= 15 is 0 Å². The van der Waals surface area contributed by atoms with Crippen LogP contribution in [0.3, 0.4) is 0 Å². The van der Waals surface area contributed by atoms with E-state index in [1.54, 1.807) is 12.1 Å². The van der Waals surface area contributed by atoms with E-state index in [1.165, 1.54) is 18.6 Å². The Kier molecular flexibility index (Phi) is 4.66. The van der Waals surface area contributed by atoms with Crippen LogP contribution in [-0.2, 0) is 0 Å². The molecule has 3 N–H and O–H groups in total. The molecule has 6 heteroatoms. The molecule has 1 fully saturated rings. The molecule has 1 aromatic rings. The third kappa shape index (κ3) is 3.54. The summed E-state index contributed by atoms with van der Waals surface area (Å²) in [5.74, 6) is 0.00722. The Morgan fingerprint density at radius 2 is 2.10 bits per heavy atom. The van der Waals surface area contributed by atoms with Crippen LogP contribution in [-0.4, -0.2) is 29.2 Å². The van der Waals surface area contributed by atoms with Crippen LogP contribution in [0.2, 0.25) is 0 Å². The monoisotopic (exact) mass is 274 g/mol. The van der Waals surface area contributed by atoms with E-state index in [0.29, 0.717) is 11.5 Å². The number of nitrogens with zero attached hydrogens (tertiary/aromatic N) is 3. The van der Waals surface area contributed by atoms with Crippen LogP contribution in [0.1, 0.15) is 19.3 Å². The standard InChI is InChI=1S/C14H16FN5/c15-11-5-4-6-12(9-11)18-19-13(10-16)14(17)20-7-2-1-3-8-20/h4-6,9H,1-3,7-8H2,(H2,17,18)/p+1. The Morgan fingerprint density at radius 1 is 1.35 bits per heavy atom. The van der Waals surface area contributed by atoms with Gasteiger partial charge in [-0.15, -0.1) is 0 Å². The second-order valence-corrected chi connectivity index (χ2v) is 4.63. The van der Waals surface area contributed by atoms with Crippen molar-refractivity contribution in [1.29, 1.82) is 5.26 Å². The Morgan fingerprint density at radius 3 is 2.75 bits per heavy atom. The van der Waals surface area contributed by atoms with Gasteiger partial charge in [0.05, 0.1) is 18.8 Å². The lowest BCUT2D eigenvalue weighted by Crippen LogP contribution is -2.38. The van der Waals surface area contributed by atoms with Gasteiger partial charge in [-0.2, -0.15) is 10.4 Å². The minimum absolute atomic E-state index is 0.121. The van der Waals surface area contributed by atoms with Gasteiger partial charge in [0.1, 0.15) is 11.9 Å². The van der Waals surface area contributed by atoms with Gasteiger partial charge in [-0.05, 0) is 37.5 Å². The summed E-state index contributed by atoms with van der Waals surface area (Å²) in [5.41, 5.74) is 9.22. The topological polar surface area (TPSA) is 77.2 Å².